The first-order valence-electron chi connectivity index (χ1n) is 9.27. The van der Waals surface area contributed by atoms with Crippen molar-refractivity contribution in [2.75, 3.05) is 5.32 Å². The van der Waals surface area contributed by atoms with Crippen molar-refractivity contribution in [2.24, 2.45) is 7.05 Å². The van der Waals surface area contributed by atoms with E-state index in [-0.39, 0.29) is 5.56 Å². The average molecular weight is 382 g/mol. The van der Waals surface area contributed by atoms with E-state index in [2.05, 4.69) is 20.3 Å². The number of hydrogen-bond donors (Lipinski definition) is 1. The average Bonchev–Trinajstić information content (AvgIpc) is 3.14. The van der Waals surface area contributed by atoms with Crippen LogP contribution in [0.5, 0.6) is 0 Å². The summed E-state index contributed by atoms with van der Waals surface area (Å²) in [4.78, 5) is 25.9. The highest BCUT2D eigenvalue weighted by molar-refractivity contribution is 5.92. The first-order valence-corrected chi connectivity index (χ1v) is 9.27. The van der Waals surface area contributed by atoms with Gasteiger partial charge in [-0.05, 0) is 29.8 Å². The molecule has 5 aromatic rings. The molecule has 3 heterocycles. The molecule has 0 bridgehead atoms. The normalized spacial score (nSPS) is 11.2. The van der Waals surface area contributed by atoms with Gasteiger partial charge in [0, 0.05) is 18.6 Å². The zero-order chi connectivity index (χ0) is 19.8. The van der Waals surface area contributed by atoms with Crippen molar-refractivity contribution in [1.29, 1.82) is 0 Å². The van der Waals surface area contributed by atoms with Crippen LogP contribution < -0.4 is 10.9 Å². The number of rotatable bonds is 4. The standard InChI is InChI=1S/C22H18N6O/c1-27-14-24-20-19(27)21(29)26-22(28(20)13-15-7-3-2-4-8-15)25-18-11-5-10-17-16(18)9-6-12-23-17/h2-12,14H,13H2,1H3,(H,25,26,29). The fourth-order valence-electron chi connectivity index (χ4n) is 3.52. The van der Waals surface area contributed by atoms with E-state index in [4.69, 9.17) is 0 Å². The number of imidazole rings is 1. The zero-order valence-corrected chi connectivity index (χ0v) is 15.8. The summed E-state index contributed by atoms with van der Waals surface area (Å²) in [6.45, 7) is 0.535. The third-order valence-corrected chi connectivity index (χ3v) is 4.91. The third-order valence-electron chi connectivity index (χ3n) is 4.91. The van der Waals surface area contributed by atoms with Crippen molar-refractivity contribution in [2.45, 2.75) is 6.54 Å². The van der Waals surface area contributed by atoms with Crippen molar-refractivity contribution < 1.29 is 0 Å². The van der Waals surface area contributed by atoms with Crippen LogP contribution in [0.1, 0.15) is 5.56 Å². The highest BCUT2D eigenvalue weighted by Crippen LogP contribution is 2.25. The van der Waals surface area contributed by atoms with E-state index in [1.807, 2.05) is 65.2 Å². The van der Waals surface area contributed by atoms with E-state index in [0.717, 1.165) is 22.2 Å². The number of anilines is 2. The van der Waals surface area contributed by atoms with Gasteiger partial charge in [-0.2, -0.15) is 4.98 Å². The van der Waals surface area contributed by atoms with Gasteiger partial charge >= 0.3 is 5.56 Å². The van der Waals surface area contributed by atoms with E-state index >= 15 is 0 Å². The van der Waals surface area contributed by atoms with Gasteiger partial charge in [-0.1, -0.05) is 36.4 Å². The molecule has 7 heteroatoms. The monoisotopic (exact) mass is 382 g/mol. The summed E-state index contributed by atoms with van der Waals surface area (Å²) in [6.07, 6.45) is 3.40. The van der Waals surface area contributed by atoms with E-state index < -0.39 is 0 Å². The lowest BCUT2D eigenvalue weighted by Gasteiger charge is -2.16. The first-order chi connectivity index (χ1) is 14.2. The van der Waals surface area contributed by atoms with Crippen LogP contribution in [0.2, 0.25) is 0 Å². The lowest BCUT2D eigenvalue weighted by Crippen LogP contribution is -2.19. The number of fused-ring (bicyclic) bond motifs is 2. The predicted octanol–water partition coefficient (Wildman–Crippen LogP) is 3.47. The van der Waals surface area contributed by atoms with Gasteiger partial charge < -0.3 is 9.88 Å². The van der Waals surface area contributed by atoms with Crippen LogP contribution in [0.3, 0.4) is 0 Å². The molecule has 0 unspecified atom stereocenters. The van der Waals surface area contributed by atoms with E-state index in [1.165, 1.54) is 0 Å². The van der Waals surface area contributed by atoms with Gasteiger partial charge in [0.05, 0.1) is 24.1 Å². The van der Waals surface area contributed by atoms with Crippen molar-refractivity contribution in [3.05, 3.63) is 89.1 Å². The van der Waals surface area contributed by atoms with E-state index in [1.54, 1.807) is 24.1 Å². The molecule has 0 fully saturated rings. The molecule has 3 aromatic heterocycles. The van der Waals surface area contributed by atoms with Gasteiger partial charge in [-0.15, -0.1) is 0 Å². The Hall–Kier alpha value is -4.00. The molecule has 2 aromatic carbocycles. The number of nitrogens with one attached hydrogen (secondary N) is 1. The van der Waals surface area contributed by atoms with Crippen molar-refractivity contribution in [3.8, 4) is 0 Å². The van der Waals surface area contributed by atoms with Crippen molar-refractivity contribution >= 4 is 33.7 Å². The number of benzene rings is 2. The highest BCUT2D eigenvalue weighted by Gasteiger charge is 2.16. The number of hydrogen-bond acceptors (Lipinski definition) is 5. The molecule has 7 nitrogen and oxygen atoms in total. The number of pyridine rings is 1. The van der Waals surface area contributed by atoms with Gasteiger partial charge in [0.1, 0.15) is 0 Å². The molecule has 0 atom stereocenters. The second kappa shape index (κ2) is 6.87. The summed E-state index contributed by atoms with van der Waals surface area (Å²) in [5.41, 5.74) is 3.55. The van der Waals surface area contributed by atoms with Gasteiger partial charge in [0.2, 0.25) is 5.95 Å². The molecule has 0 amide bonds. The maximum atomic E-state index is 12.7. The van der Waals surface area contributed by atoms with Gasteiger partial charge in [-0.25, -0.2) is 4.98 Å². The minimum Gasteiger partial charge on any atom is -0.328 e. The SMILES string of the molecule is Cn1cnc2c1c(=O)nc(Nc1cccc3ncccc13)n2Cc1ccccc1. The Balaban J connectivity index is 1.70. The fraction of sp³-hybridized carbons (Fsp3) is 0.0909. The zero-order valence-electron chi connectivity index (χ0n) is 15.8. The van der Waals surface area contributed by atoms with Crippen LogP contribution in [-0.2, 0) is 13.6 Å². The summed E-state index contributed by atoms with van der Waals surface area (Å²) in [5, 5.41) is 4.30. The van der Waals surface area contributed by atoms with Gasteiger partial charge in [0.15, 0.2) is 11.2 Å². The smallest absolute Gasteiger partial charge is 0.300 e. The Labute approximate surface area is 166 Å². The Morgan fingerprint density at radius 3 is 2.69 bits per heavy atom. The highest BCUT2D eigenvalue weighted by atomic mass is 16.1. The molecular formula is C22H18N6O. The topological polar surface area (TPSA) is 77.6 Å². The maximum absolute atomic E-state index is 12.7. The molecule has 0 aliphatic carbocycles. The second-order valence-electron chi connectivity index (χ2n) is 6.84. The molecule has 0 aliphatic rings. The Bertz CT molecular complexity index is 1380. The molecule has 0 radical (unpaired) electrons. The molecular weight excluding hydrogens is 364 g/mol. The summed E-state index contributed by atoms with van der Waals surface area (Å²) in [6, 6.07) is 19.7. The predicted molar refractivity (Wildman–Crippen MR) is 113 cm³/mol. The van der Waals surface area contributed by atoms with Gasteiger partial charge in [0.25, 0.3) is 0 Å². The Morgan fingerprint density at radius 1 is 0.966 bits per heavy atom. The molecule has 5 rings (SSSR count). The Kier molecular flexibility index (Phi) is 4.05. The molecule has 29 heavy (non-hydrogen) atoms. The second-order valence-corrected chi connectivity index (χ2v) is 6.84. The molecule has 0 saturated heterocycles. The molecule has 0 spiro atoms. The van der Waals surface area contributed by atoms with Crippen LogP contribution >= 0.6 is 0 Å². The number of nitrogens with zero attached hydrogens (tertiary/aromatic N) is 5. The fourth-order valence-corrected chi connectivity index (χ4v) is 3.52. The molecule has 142 valence electrons. The minimum absolute atomic E-state index is 0.315. The number of aromatic nitrogens is 5. The Morgan fingerprint density at radius 2 is 1.83 bits per heavy atom. The van der Waals surface area contributed by atoms with Crippen LogP contribution in [-0.4, -0.2) is 24.1 Å². The summed E-state index contributed by atoms with van der Waals surface area (Å²) < 4.78 is 3.64. The van der Waals surface area contributed by atoms with Crippen LogP contribution in [0.25, 0.3) is 22.1 Å². The van der Waals surface area contributed by atoms with Crippen molar-refractivity contribution in [1.82, 2.24) is 24.1 Å². The molecule has 0 saturated carbocycles. The van der Waals surface area contributed by atoms with E-state index in [0.29, 0.717) is 23.7 Å². The third kappa shape index (κ3) is 3.02. The lowest BCUT2D eigenvalue weighted by atomic mass is 10.2. The first kappa shape index (κ1) is 17.1. The van der Waals surface area contributed by atoms with Gasteiger partial charge in [-0.3, -0.25) is 14.3 Å². The molecule has 1 N–H and O–H groups in total. The van der Waals surface area contributed by atoms with Crippen LogP contribution in [0, 0.1) is 0 Å². The van der Waals surface area contributed by atoms with Crippen molar-refractivity contribution in [3.63, 3.8) is 0 Å². The van der Waals surface area contributed by atoms with E-state index in [9.17, 15) is 4.79 Å². The summed E-state index contributed by atoms with van der Waals surface area (Å²) in [7, 11) is 1.80. The molecule has 0 aliphatic heterocycles. The number of aryl methyl sites for hydroxylation is 1. The lowest BCUT2D eigenvalue weighted by molar-refractivity contribution is 0.800. The summed E-state index contributed by atoms with van der Waals surface area (Å²) >= 11 is 0. The maximum Gasteiger partial charge on any atom is 0.300 e. The summed E-state index contributed by atoms with van der Waals surface area (Å²) in [5.74, 6) is 0.446. The van der Waals surface area contributed by atoms with Crippen LogP contribution in [0.4, 0.5) is 11.6 Å². The minimum atomic E-state index is -0.315. The van der Waals surface area contributed by atoms with Crippen LogP contribution in [0.15, 0.2) is 78.0 Å². The largest absolute Gasteiger partial charge is 0.328 e. The quantitative estimate of drug-likeness (QED) is 0.515.